The third kappa shape index (κ3) is 5.33. The number of rotatable bonds is 6. The van der Waals surface area contributed by atoms with Crippen LogP contribution in [0, 0.1) is 5.92 Å². The predicted molar refractivity (Wildman–Crippen MR) is 138 cm³/mol. The Balaban J connectivity index is 1.47. The number of nitrogens with one attached hydrogen (secondary N) is 2. The van der Waals surface area contributed by atoms with E-state index in [2.05, 4.69) is 31.4 Å². The Hall–Kier alpha value is -2.74. The van der Waals surface area contributed by atoms with E-state index < -0.39 is 12.1 Å². The number of Topliss-reactive ketones (excluding diaryl/α,β-unsaturated/α-hetero) is 1. The van der Waals surface area contributed by atoms with E-state index in [0.717, 1.165) is 24.9 Å². The van der Waals surface area contributed by atoms with Gasteiger partial charge in [-0.05, 0) is 61.3 Å². The van der Waals surface area contributed by atoms with Crippen LogP contribution in [0.25, 0.3) is 0 Å². The molecule has 1 aromatic carbocycles. The van der Waals surface area contributed by atoms with Crippen molar-refractivity contribution in [1.82, 2.24) is 20.4 Å². The number of carbonyl (C=O) groups is 4. The fraction of sp³-hybridized carbons (Fsp3) is 0.643. The molecular weight excluding hydrogens is 456 g/mol. The smallest absolute Gasteiger partial charge is 0.251 e. The van der Waals surface area contributed by atoms with E-state index in [-0.39, 0.29) is 53.5 Å². The second-order valence-electron chi connectivity index (χ2n) is 11.9. The number of benzene rings is 1. The van der Waals surface area contributed by atoms with Crippen LogP contribution in [-0.4, -0.2) is 77.1 Å². The maximum atomic E-state index is 13.7. The number of ketones is 1. The van der Waals surface area contributed by atoms with E-state index in [4.69, 9.17) is 0 Å². The number of fused-ring (bicyclic) bond motifs is 1. The van der Waals surface area contributed by atoms with Gasteiger partial charge in [0.05, 0.1) is 18.6 Å². The van der Waals surface area contributed by atoms with Gasteiger partial charge in [-0.3, -0.25) is 19.2 Å². The predicted octanol–water partition coefficient (Wildman–Crippen LogP) is 2.26. The summed E-state index contributed by atoms with van der Waals surface area (Å²) in [5.41, 5.74) is 1.61. The van der Waals surface area contributed by atoms with Gasteiger partial charge in [0.25, 0.3) is 5.91 Å². The van der Waals surface area contributed by atoms with Crippen molar-refractivity contribution >= 4 is 23.5 Å². The molecule has 3 aliphatic heterocycles. The van der Waals surface area contributed by atoms with Gasteiger partial charge >= 0.3 is 0 Å². The molecule has 3 saturated heterocycles. The number of hydrogen-bond donors (Lipinski definition) is 2. The Labute approximate surface area is 214 Å². The molecule has 0 spiro atoms. The van der Waals surface area contributed by atoms with Crippen molar-refractivity contribution in [2.75, 3.05) is 19.6 Å². The molecule has 1 aromatic rings. The monoisotopic (exact) mass is 496 g/mol. The molecule has 0 radical (unpaired) electrons. The Bertz CT molecular complexity index is 1010. The Morgan fingerprint density at radius 1 is 1.08 bits per heavy atom. The molecule has 0 aromatic heterocycles. The largest absolute Gasteiger partial charge is 0.340 e. The lowest BCUT2D eigenvalue weighted by Gasteiger charge is -2.29. The van der Waals surface area contributed by atoms with Gasteiger partial charge in [0, 0.05) is 12.1 Å². The number of likely N-dealkylation sites (tertiary alicyclic amines) is 2. The Morgan fingerprint density at radius 2 is 1.78 bits per heavy atom. The van der Waals surface area contributed by atoms with Crippen molar-refractivity contribution in [3.8, 4) is 0 Å². The average Bonchev–Trinajstić information content (AvgIpc) is 3.56. The highest BCUT2D eigenvalue weighted by Gasteiger charge is 2.53. The lowest BCUT2D eigenvalue weighted by molar-refractivity contribution is -0.138. The second kappa shape index (κ2) is 10.3. The van der Waals surface area contributed by atoms with Gasteiger partial charge in [-0.2, -0.15) is 0 Å². The van der Waals surface area contributed by atoms with Gasteiger partial charge in [0.2, 0.25) is 11.8 Å². The zero-order chi connectivity index (χ0) is 26.2. The SMILES string of the molecule is CC(C)CC(NC(=O)c1ccc(C(C)(C)C)cc1)C(=O)N1CCC2C1C(=O)CN2C(=O)C1CCCN1. The second-order valence-corrected chi connectivity index (χ2v) is 11.9. The summed E-state index contributed by atoms with van der Waals surface area (Å²) in [4.78, 5) is 56.1. The highest BCUT2D eigenvalue weighted by Crippen LogP contribution is 2.32. The van der Waals surface area contributed by atoms with Crippen LogP contribution in [-0.2, 0) is 19.8 Å². The van der Waals surface area contributed by atoms with Crippen LogP contribution in [0.15, 0.2) is 24.3 Å². The fourth-order valence-corrected chi connectivity index (χ4v) is 5.71. The average molecular weight is 497 g/mol. The van der Waals surface area contributed by atoms with E-state index in [0.29, 0.717) is 24.9 Å². The summed E-state index contributed by atoms with van der Waals surface area (Å²) in [5, 5.41) is 6.16. The van der Waals surface area contributed by atoms with Gasteiger partial charge in [0.15, 0.2) is 5.78 Å². The van der Waals surface area contributed by atoms with Crippen LogP contribution >= 0.6 is 0 Å². The summed E-state index contributed by atoms with van der Waals surface area (Å²) in [6.07, 6.45) is 2.79. The summed E-state index contributed by atoms with van der Waals surface area (Å²) >= 11 is 0. The zero-order valence-electron chi connectivity index (χ0n) is 22.2. The molecule has 3 aliphatic rings. The first kappa shape index (κ1) is 26.3. The van der Waals surface area contributed by atoms with E-state index in [9.17, 15) is 19.2 Å². The standard InChI is InChI=1S/C28H40N4O4/c1-17(2)15-21(30-25(34)18-8-10-19(11-9-18)28(3,4)5)27(36)31-14-12-22-24(31)23(33)16-32(22)26(35)20-7-6-13-29-20/h8-11,17,20-22,24,29H,6-7,12-16H2,1-5H3,(H,30,34). The van der Waals surface area contributed by atoms with Crippen molar-refractivity contribution in [2.24, 2.45) is 5.92 Å². The van der Waals surface area contributed by atoms with Crippen molar-refractivity contribution in [3.63, 3.8) is 0 Å². The van der Waals surface area contributed by atoms with Gasteiger partial charge in [-0.15, -0.1) is 0 Å². The minimum absolute atomic E-state index is 0.0195. The normalized spacial score (nSPS) is 24.8. The van der Waals surface area contributed by atoms with Crippen molar-refractivity contribution < 1.29 is 19.2 Å². The molecule has 4 atom stereocenters. The number of nitrogens with zero attached hydrogens (tertiary/aromatic N) is 2. The van der Waals surface area contributed by atoms with Crippen LogP contribution in [0.3, 0.4) is 0 Å². The quantitative estimate of drug-likeness (QED) is 0.630. The summed E-state index contributed by atoms with van der Waals surface area (Å²) in [6.45, 7) is 11.6. The minimum atomic E-state index is -0.729. The van der Waals surface area contributed by atoms with E-state index >= 15 is 0 Å². The lowest BCUT2D eigenvalue weighted by Crippen LogP contribution is -2.53. The molecule has 36 heavy (non-hydrogen) atoms. The number of amides is 3. The van der Waals surface area contributed by atoms with Crippen molar-refractivity contribution in [1.29, 1.82) is 0 Å². The van der Waals surface area contributed by atoms with Crippen LogP contribution in [0.5, 0.6) is 0 Å². The molecule has 8 heteroatoms. The first-order valence-corrected chi connectivity index (χ1v) is 13.3. The van der Waals surface area contributed by atoms with Gasteiger partial charge in [-0.25, -0.2) is 0 Å². The molecule has 196 valence electrons. The first-order valence-electron chi connectivity index (χ1n) is 13.3. The number of carbonyl (C=O) groups excluding carboxylic acids is 4. The summed E-state index contributed by atoms with van der Waals surface area (Å²) in [7, 11) is 0. The molecule has 0 saturated carbocycles. The third-order valence-electron chi connectivity index (χ3n) is 7.67. The van der Waals surface area contributed by atoms with Crippen LogP contribution < -0.4 is 10.6 Å². The van der Waals surface area contributed by atoms with Crippen LogP contribution in [0.2, 0.25) is 0 Å². The van der Waals surface area contributed by atoms with Gasteiger partial charge in [0.1, 0.15) is 12.1 Å². The third-order valence-corrected chi connectivity index (χ3v) is 7.67. The van der Waals surface area contributed by atoms with Crippen molar-refractivity contribution in [3.05, 3.63) is 35.4 Å². The lowest BCUT2D eigenvalue weighted by atomic mass is 9.86. The Morgan fingerprint density at radius 3 is 2.36 bits per heavy atom. The van der Waals surface area contributed by atoms with E-state index in [1.165, 1.54) is 0 Å². The van der Waals surface area contributed by atoms with Gasteiger partial charge < -0.3 is 20.4 Å². The molecule has 4 unspecified atom stereocenters. The molecule has 2 N–H and O–H groups in total. The summed E-state index contributed by atoms with van der Waals surface area (Å²) in [6, 6.07) is 5.60. The van der Waals surface area contributed by atoms with Crippen LogP contribution in [0.1, 0.15) is 76.2 Å². The molecule has 3 heterocycles. The molecular formula is C28H40N4O4. The minimum Gasteiger partial charge on any atom is -0.340 e. The molecule has 0 aliphatic carbocycles. The molecule has 3 amide bonds. The molecule has 3 fully saturated rings. The first-order chi connectivity index (χ1) is 17.0. The van der Waals surface area contributed by atoms with Gasteiger partial charge in [-0.1, -0.05) is 46.8 Å². The zero-order valence-corrected chi connectivity index (χ0v) is 22.2. The molecule has 0 bridgehead atoms. The highest BCUT2D eigenvalue weighted by atomic mass is 16.2. The maximum absolute atomic E-state index is 13.7. The topological polar surface area (TPSA) is 98.8 Å². The van der Waals surface area contributed by atoms with Crippen LogP contribution in [0.4, 0.5) is 0 Å². The molecule has 8 nitrogen and oxygen atoms in total. The molecule has 4 rings (SSSR count). The van der Waals surface area contributed by atoms with E-state index in [1.807, 2.05) is 26.0 Å². The Kier molecular flexibility index (Phi) is 7.55. The highest BCUT2D eigenvalue weighted by molar-refractivity contribution is 6.01. The summed E-state index contributed by atoms with van der Waals surface area (Å²) < 4.78 is 0. The summed E-state index contributed by atoms with van der Waals surface area (Å²) in [5.74, 6) is -0.491. The van der Waals surface area contributed by atoms with Crippen molar-refractivity contribution in [2.45, 2.75) is 89.9 Å². The number of hydrogen-bond acceptors (Lipinski definition) is 5. The van der Waals surface area contributed by atoms with E-state index in [1.54, 1.807) is 21.9 Å². The maximum Gasteiger partial charge on any atom is 0.251 e. The fourth-order valence-electron chi connectivity index (χ4n) is 5.71.